The van der Waals surface area contributed by atoms with E-state index in [1.807, 2.05) is 4.98 Å². The highest BCUT2D eigenvalue weighted by Gasteiger charge is 2.10. The molecule has 0 aliphatic carbocycles. The third-order valence-corrected chi connectivity index (χ3v) is 1.88. The Morgan fingerprint density at radius 1 is 1.44 bits per heavy atom. The molecule has 0 bridgehead atoms. The summed E-state index contributed by atoms with van der Waals surface area (Å²) in [6, 6.07) is 1.14. The number of rotatable bonds is 4. The number of hydrogen-bond donors (Lipinski definition) is 4. The van der Waals surface area contributed by atoms with Gasteiger partial charge < -0.3 is 15.3 Å². The summed E-state index contributed by atoms with van der Waals surface area (Å²) in [5.41, 5.74) is -1.18. The van der Waals surface area contributed by atoms with Gasteiger partial charge in [-0.2, -0.15) is 0 Å². The highest BCUT2D eigenvalue weighted by molar-refractivity contribution is 5.23. The summed E-state index contributed by atoms with van der Waals surface area (Å²) >= 11 is 0. The zero-order chi connectivity index (χ0) is 12.1. The quantitative estimate of drug-likeness (QED) is 0.463. The molecule has 7 heteroatoms. The van der Waals surface area contributed by atoms with Crippen LogP contribution in [0, 0.1) is 0 Å². The molecule has 1 heterocycles. The Morgan fingerprint density at radius 2 is 2.12 bits per heavy atom. The molecule has 1 rings (SSSR count). The van der Waals surface area contributed by atoms with Gasteiger partial charge in [0.05, 0.1) is 6.61 Å². The summed E-state index contributed by atoms with van der Waals surface area (Å²) in [5.74, 6) is 0. The van der Waals surface area contributed by atoms with Crippen LogP contribution < -0.4 is 11.2 Å². The van der Waals surface area contributed by atoms with E-state index in [1.54, 1.807) is 0 Å². The van der Waals surface area contributed by atoms with Gasteiger partial charge in [-0.25, -0.2) is 4.79 Å². The third kappa shape index (κ3) is 3.16. The van der Waals surface area contributed by atoms with Crippen molar-refractivity contribution in [3.8, 4) is 0 Å². The smallest absolute Gasteiger partial charge is 0.332 e. The van der Waals surface area contributed by atoms with Crippen LogP contribution in [-0.2, 0) is 0 Å². The Labute approximate surface area is 89.9 Å². The SMILES string of the molecule is O=c1ccn(/C=C/C(O)C(O)CO)c(=O)[nH]1. The lowest BCUT2D eigenvalue weighted by Gasteiger charge is -2.10. The van der Waals surface area contributed by atoms with Crippen LogP contribution in [0.4, 0.5) is 0 Å². The standard InChI is InChI=1S/C9H12N2O5/c12-5-7(14)6(13)1-3-11-4-2-8(15)10-9(11)16/h1-4,6-7,12-14H,5H2,(H,10,15,16)/b3-1+. The first-order valence-corrected chi connectivity index (χ1v) is 4.51. The van der Waals surface area contributed by atoms with Crippen LogP contribution in [0.1, 0.15) is 0 Å². The lowest BCUT2D eigenvalue weighted by atomic mass is 10.2. The van der Waals surface area contributed by atoms with E-state index in [9.17, 15) is 14.7 Å². The highest BCUT2D eigenvalue weighted by Crippen LogP contribution is 1.95. The fraction of sp³-hybridized carbons (Fsp3) is 0.333. The van der Waals surface area contributed by atoms with Crippen molar-refractivity contribution in [3.05, 3.63) is 39.2 Å². The highest BCUT2D eigenvalue weighted by atomic mass is 16.4. The van der Waals surface area contributed by atoms with Crippen molar-refractivity contribution < 1.29 is 15.3 Å². The first kappa shape index (κ1) is 12.4. The maximum absolute atomic E-state index is 11.2. The van der Waals surface area contributed by atoms with E-state index in [0.29, 0.717) is 0 Å². The van der Waals surface area contributed by atoms with Gasteiger partial charge in [0.25, 0.3) is 5.56 Å². The van der Waals surface area contributed by atoms with E-state index in [0.717, 1.165) is 16.7 Å². The van der Waals surface area contributed by atoms with E-state index in [1.165, 1.54) is 12.4 Å². The van der Waals surface area contributed by atoms with Crippen molar-refractivity contribution in [1.82, 2.24) is 9.55 Å². The molecule has 7 nitrogen and oxygen atoms in total. The van der Waals surface area contributed by atoms with E-state index in [2.05, 4.69) is 0 Å². The van der Waals surface area contributed by atoms with Crippen molar-refractivity contribution in [2.45, 2.75) is 12.2 Å². The van der Waals surface area contributed by atoms with Gasteiger partial charge in [-0.05, 0) is 6.08 Å². The number of aromatic nitrogens is 2. The second-order valence-corrected chi connectivity index (χ2v) is 3.10. The van der Waals surface area contributed by atoms with Crippen LogP contribution in [-0.4, -0.2) is 43.7 Å². The summed E-state index contributed by atoms with van der Waals surface area (Å²) in [7, 11) is 0. The summed E-state index contributed by atoms with van der Waals surface area (Å²) in [6.07, 6.45) is 0.927. The van der Waals surface area contributed by atoms with E-state index in [-0.39, 0.29) is 0 Å². The van der Waals surface area contributed by atoms with Gasteiger partial charge in [0.1, 0.15) is 12.2 Å². The summed E-state index contributed by atoms with van der Waals surface area (Å²) in [5, 5.41) is 26.8. The molecule has 0 radical (unpaired) electrons. The second-order valence-electron chi connectivity index (χ2n) is 3.10. The van der Waals surface area contributed by atoms with Crippen molar-refractivity contribution in [2.24, 2.45) is 0 Å². The zero-order valence-corrected chi connectivity index (χ0v) is 8.28. The van der Waals surface area contributed by atoms with Crippen LogP contribution in [0.2, 0.25) is 0 Å². The molecule has 0 saturated carbocycles. The molecule has 16 heavy (non-hydrogen) atoms. The molecule has 0 fully saturated rings. The van der Waals surface area contributed by atoms with E-state index in [4.69, 9.17) is 10.2 Å². The molecule has 0 saturated heterocycles. The third-order valence-electron chi connectivity index (χ3n) is 1.88. The molecule has 0 aliphatic rings. The summed E-state index contributed by atoms with van der Waals surface area (Å²) < 4.78 is 1.02. The maximum Gasteiger partial charge on any atom is 0.332 e. The maximum atomic E-state index is 11.2. The lowest BCUT2D eigenvalue weighted by molar-refractivity contribution is 0.00973. The van der Waals surface area contributed by atoms with Crippen LogP contribution in [0.25, 0.3) is 6.20 Å². The molecule has 4 N–H and O–H groups in total. The predicted octanol–water partition coefficient (Wildman–Crippen LogP) is -2.28. The van der Waals surface area contributed by atoms with Gasteiger partial charge in [0.2, 0.25) is 0 Å². The first-order chi connectivity index (χ1) is 7.54. The Bertz CT molecular complexity index is 475. The summed E-state index contributed by atoms with van der Waals surface area (Å²) in [6.45, 7) is -0.591. The average molecular weight is 228 g/mol. The Balaban J connectivity index is 2.84. The molecule has 0 aliphatic heterocycles. The second kappa shape index (κ2) is 5.40. The minimum Gasteiger partial charge on any atom is -0.394 e. The van der Waals surface area contributed by atoms with Crippen LogP contribution >= 0.6 is 0 Å². The number of hydrogen-bond acceptors (Lipinski definition) is 5. The fourth-order valence-electron chi connectivity index (χ4n) is 0.962. The molecule has 1 aromatic rings. The monoisotopic (exact) mass is 228 g/mol. The predicted molar refractivity (Wildman–Crippen MR) is 55.8 cm³/mol. The van der Waals surface area contributed by atoms with Crippen molar-refractivity contribution >= 4 is 6.20 Å². The number of aliphatic hydroxyl groups is 3. The number of H-pyrrole nitrogens is 1. The van der Waals surface area contributed by atoms with Gasteiger partial charge in [-0.15, -0.1) is 0 Å². The molecule has 2 atom stereocenters. The van der Waals surface area contributed by atoms with Gasteiger partial charge in [-0.3, -0.25) is 14.3 Å². The van der Waals surface area contributed by atoms with Crippen LogP contribution in [0.15, 0.2) is 27.9 Å². The van der Waals surface area contributed by atoms with Crippen LogP contribution in [0.3, 0.4) is 0 Å². The minimum absolute atomic E-state index is 0.523. The van der Waals surface area contributed by atoms with E-state index < -0.39 is 30.1 Å². The Morgan fingerprint density at radius 3 is 2.69 bits per heavy atom. The Hall–Kier alpha value is -1.70. The largest absolute Gasteiger partial charge is 0.394 e. The van der Waals surface area contributed by atoms with Gasteiger partial charge >= 0.3 is 5.69 Å². The molecular weight excluding hydrogens is 216 g/mol. The first-order valence-electron chi connectivity index (χ1n) is 4.51. The zero-order valence-electron chi connectivity index (χ0n) is 8.28. The van der Waals surface area contributed by atoms with Gasteiger partial charge in [0.15, 0.2) is 0 Å². The molecule has 2 unspecified atom stereocenters. The fourth-order valence-corrected chi connectivity index (χ4v) is 0.962. The molecule has 88 valence electrons. The molecule has 0 spiro atoms. The normalized spacial score (nSPS) is 15.2. The van der Waals surface area contributed by atoms with Crippen molar-refractivity contribution in [2.75, 3.05) is 6.61 Å². The van der Waals surface area contributed by atoms with Gasteiger partial charge in [0, 0.05) is 18.5 Å². The lowest BCUT2D eigenvalue weighted by Crippen LogP contribution is -2.29. The molecule has 1 aromatic heterocycles. The number of aliphatic hydroxyl groups excluding tert-OH is 3. The topological polar surface area (TPSA) is 116 Å². The molecule has 0 amide bonds. The average Bonchev–Trinajstić information content (AvgIpc) is 2.26. The minimum atomic E-state index is -1.31. The molecule has 0 aromatic carbocycles. The Kier molecular flexibility index (Phi) is 4.18. The molecular formula is C9H12N2O5. The van der Waals surface area contributed by atoms with Crippen molar-refractivity contribution in [1.29, 1.82) is 0 Å². The summed E-state index contributed by atoms with van der Waals surface area (Å²) in [4.78, 5) is 23.9. The van der Waals surface area contributed by atoms with E-state index >= 15 is 0 Å². The van der Waals surface area contributed by atoms with Crippen molar-refractivity contribution in [3.63, 3.8) is 0 Å². The number of nitrogens with one attached hydrogen (secondary N) is 1. The number of nitrogens with zero attached hydrogens (tertiary/aromatic N) is 1. The van der Waals surface area contributed by atoms with Crippen LogP contribution in [0.5, 0.6) is 0 Å². The van der Waals surface area contributed by atoms with Gasteiger partial charge in [-0.1, -0.05) is 0 Å². The number of aromatic amines is 1.